The Morgan fingerprint density at radius 1 is 1.04 bits per heavy atom. The van der Waals surface area contributed by atoms with Gasteiger partial charge in [-0.15, -0.1) is 0 Å². The van der Waals surface area contributed by atoms with Gasteiger partial charge in [-0.2, -0.15) is 0 Å². The smallest absolute Gasteiger partial charge is 0.0594 e. The maximum atomic E-state index is 5.46. The molecule has 1 fully saturated rings. The monoisotopic (exact) mass is 382 g/mol. The van der Waals surface area contributed by atoms with Crippen molar-refractivity contribution in [2.75, 3.05) is 26.3 Å². The molecule has 0 aromatic heterocycles. The fourth-order valence-electron chi connectivity index (χ4n) is 3.98. The predicted molar refractivity (Wildman–Crippen MR) is 115 cm³/mol. The van der Waals surface area contributed by atoms with E-state index in [2.05, 4.69) is 65.9 Å². The first-order chi connectivity index (χ1) is 13.2. The molecule has 0 unspecified atom stereocenters. The molecule has 0 spiro atoms. The van der Waals surface area contributed by atoms with E-state index < -0.39 is 0 Å². The van der Waals surface area contributed by atoms with Crippen LogP contribution in [-0.2, 0) is 24.1 Å². The lowest BCUT2D eigenvalue weighted by atomic mass is 9.99. The van der Waals surface area contributed by atoms with E-state index in [4.69, 9.17) is 4.74 Å². The highest BCUT2D eigenvalue weighted by Crippen LogP contribution is 2.30. The normalized spacial score (nSPS) is 20.2. The molecule has 4 rings (SSSR count). The molecule has 1 aliphatic heterocycles. The standard InChI is InChI=1S/C23H30N2OS/c1-17(2)27-24-23-14-21-7-6-20(13-22(21)15-23)19-5-3-4-18(12-19)16-25-8-10-26-11-9-25/h3-7,12-13,17,23-24H,8-11,14-16H2,1-2H3/t23-/m0/s1. The molecule has 0 radical (unpaired) electrons. The highest BCUT2D eigenvalue weighted by Gasteiger charge is 2.22. The minimum Gasteiger partial charge on any atom is -0.379 e. The van der Waals surface area contributed by atoms with Crippen molar-refractivity contribution >= 4 is 11.9 Å². The largest absolute Gasteiger partial charge is 0.379 e. The summed E-state index contributed by atoms with van der Waals surface area (Å²) in [6.45, 7) is 9.27. The SMILES string of the molecule is CC(C)SN[C@H]1Cc2ccc(-c3cccc(CN4CCOCC4)c3)cc2C1. The summed E-state index contributed by atoms with van der Waals surface area (Å²) in [5.74, 6) is 0. The van der Waals surface area contributed by atoms with Crippen LogP contribution in [0.25, 0.3) is 11.1 Å². The lowest BCUT2D eigenvalue weighted by Crippen LogP contribution is -2.35. The Labute approximate surface area is 167 Å². The second kappa shape index (κ2) is 8.78. The van der Waals surface area contributed by atoms with E-state index in [0.717, 1.165) is 45.7 Å². The topological polar surface area (TPSA) is 24.5 Å². The summed E-state index contributed by atoms with van der Waals surface area (Å²) in [7, 11) is 0. The van der Waals surface area contributed by atoms with Crippen LogP contribution in [0.1, 0.15) is 30.5 Å². The molecule has 144 valence electrons. The second-order valence-corrected chi connectivity index (χ2v) is 9.38. The zero-order valence-corrected chi connectivity index (χ0v) is 17.2. The molecule has 0 amide bonds. The van der Waals surface area contributed by atoms with Gasteiger partial charge in [0.1, 0.15) is 0 Å². The van der Waals surface area contributed by atoms with Crippen molar-refractivity contribution in [3.05, 3.63) is 59.2 Å². The first-order valence-electron chi connectivity index (χ1n) is 10.1. The Balaban J connectivity index is 1.45. The molecular weight excluding hydrogens is 352 g/mol. The van der Waals surface area contributed by atoms with Gasteiger partial charge >= 0.3 is 0 Å². The molecule has 0 saturated carbocycles. The van der Waals surface area contributed by atoms with E-state index in [1.165, 1.54) is 27.8 Å². The number of benzene rings is 2. The van der Waals surface area contributed by atoms with Crippen LogP contribution in [0.3, 0.4) is 0 Å². The number of ether oxygens (including phenoxy) is 1. The van der Waals surface area contributed by atoms with Crippen molar-refractivity contribution in [3.8, 4) is 11.1 Å². The number of morpholine rings is 1. The molecule has 27 heavy (non-hydrogen) atoms. The third-order valence-corrected chi connectivity index (χ3v) is 6.32. The maximum absolute atomic E-state index is 5.46. The van der Waals surface area contributed by atoms with Crippen molar-refractivity contribution in [3.63, 3.8) is 0 Å². The highest BCUT2D eigenvalue weighted by atomic mass is 32.2. The van der Waals surface area contributed by atoms with Gasteiger partial charge in [0.05, 0.1) is 13.2 Å². The fraction of sp³-hybridized carbons (Fsp3) is 0.478. The van der Waals surface area contributed by atoms with Crippen LogP contribution in [0.2, 0.25) is 0 Å². The molecule has 4 heteroatoms. The minimum atomic E-state index is 0.565. The van der Waals surface area contributed by atoms with Crippen LogP contribution in [0.5, 0.6) is 0 Å². The summed E-state index contributed by atoms with van der Waals surface area (Å²) >= 11 is 1.85. The summed E-state index contributed by atoms with van der Waals surface area (Å²) in [6, 6.07) is 16.6. The van der Waals surface area contributed by atoms with Gasteiger partial charge in [-0.1, -0.05) is 62.2 Å². The van der Waals surface area contributed by atoms with E-state index in [9.17, 15) is 0 Å². The van der Waals surface area contributed by atoms with Crippen LogP contribution < -0.4 is 4.72 Å². The second-order valence-electron chi connectivity index (χ2n) is 7.96. The number of nitrogens with zero attached hydrogens (tertiary/aromatic N) is 1. The maximum Gasteiger partial charge on any atom is 0.0594 e. The number of nitrogens with one attached hydrogen (secondary N) is 1. The molecule has 1 atom stereocenters. The van der Waals surface area contributed by atoms with Crippen molar-refractivity contribution in [2.45, 2.75) is 44.5 Å². The van der Waals surface area contributed by atoms with Crippen molar-refractivity contribution in [2.24, 2.45) is 0 Å². The van der Waals surface area contributed by atoms with Gasteiger partial charge in [0.2, 0.25) is 0 Å². The van der Waals surface area contributed by atoms with Crippen LogP contribution >= 0.6 is 11.9 Å². The molecule has 2 aliphatic rings. The van der Waals surface area contributed by atoms with Crippen LogP contribution in [0, 0.1) is 0 Å². The summed E-state index contributed by atoms with van der Waals surface area (Å²) in [5, 5.41) is 0.624. The third-order valence-electron chi connectivity index (χ3n) is 5.38. The van der Waals surface area contributed by atoms with E-state index in [0.29, 0.717) is 11.3 Å². The quantitative estimate of drug-likeness (QED) is 0.753. The van der Waals surface area contributed by atoms with Gasteiger partial charge in [0, 0.05) is 30.9 Å². The van der Waals surface area contributed by atoms with Crippen LogP contribution in [-0.4, -0.2) is 42.5 Å². The molecule has 2 aromatic rings. The van der Waals surface area contributed by atoms with Crippen molar-refractivity contribution in [1.82, 2.24) is 9.62 Å². The molecule has 1 saturated heterocycles. The average molecular weight is 383 g/mol. The van der Waals surface area contributed by atoms with Gasteiger partial charge in [0.25, 0.3) is 0 Å². The van der Waals surface area contributed by atoms with Gasteiger partial charge < -0.3 is 4.74 Å². The summed E-state index contributed by atoms with van der Waals surface area (Å²) in [5.41, 5.74) is 7.08. The van der Waals surface area contributed by atoms with E-state index in [1.54, 1.807) is 0 Å². The molecule has 2 aromatic carbocycles. The Morgan fingerprint density at radius 2 is 1.81 bits per heavy atom. The number of hydrogen-bond donors (Lipinski definition) is 1. The lowest BCUT2D eigenvalue weighted by Gasteiger charge is -2.26. The number of hydrogen-bond acceptors (Lipinski definition) is 4. The summed E-state index contributed by atoms with van der Waals surface area (Å²) < 4.78 is 9.11. The molecule has 3 nitrogen and oxygen atoms in total. The van der Waals surface area contributed by atoms with Crippen molar-refractivity contribution in [1.29, 1.82) is 0 Å². The summed E-state index contributed by atoms with van der Waals surface area (Å²) in [6.07, 6.45) is 2.28. The first-order valence-corrected chi connectivity index (χ1v) is 11.0. The predicted octanol–water partition coefficient (Wildman–Crippen LogP) is 4.30. The Morgan fingerprint density at radius 3 is 2.63 bits per heavy atom. The van der Waals surface area contributed by atoms with Gasteiger partial charge in [-0.3, -0.25) is 9.62 Å². The average Bonchev–Trinajstić information content (AvgIpc) is 3.09. The highest BCUT2D eigenvalue weighted by molar-refractivity contribution is 7.98. The Hall–Kier alpha value is -1.33. The minimum absolute atomic E-state index is 0.565. The van der Waals surface area contributed by atoms with E-state index >= 15 is 0 Å². The van der Waals surface area contributed by atoms with E-state index in [1.807, 2.05) is 11.9 Å². The Kier molecular flexibility index (Phi) is 6.18. The number of rotatable bonds is 6. The van der Waals surface area contributed by atoms with Crippen LogP contribution in [0.4, 0.5) is 0 Å². The molecule has 1 N–H and O–H groups in total. The molecule has 1 heterocycles. The molecule has 1 aliphatic carbocycles. The number of fused-ring (bicyclic) bond motifs is 1. The van der Waals surface area contributed by atoms with E-state index in [-0.39, 0.29) is 0 Å². The summed E-state index contributed by atoms with van der Waals surface area (Å²) in [4.78, 5) is 2.48. The van der Waals surface area contributed by atoms with Crippen molar-refractivity contribution < 1.29 is 4.74 Å². The zero-order valence-electron chi connectivity index (χ0n) is 16.4. The lowest BCUT2D eigenvalue weighted by molar-refractivity contribution is 0.0342. The molecular formula is C23H30N2OS. The van der Waals surface area contributed by atoms with Gasteiger partial charge in [-0.05, 0) is 46.7 Å². The fourth-order valence-corrected chi connectivity index (χ4v) is 4.61. The van der Waals surface area contributed by atoms with Crippen LogP contribution in [0.15, 0.2) is 42.5 Å². The first kappa shape index (κ1) is 19.0. The zero-order chi connectivity index (χ0) is 18.6. The molecule has 0 bridgehead atoms. The third kappa shape index (κ3) is 4.94. The Bertz CT molecular complexity index is 771. The van der Waals surface area contributed by atoms with Gasteiger partial charge in [0.15, 0.2) is 0 Å². The van der Waals surface area contributed by atoms with Gasteiger partial charge in [-0.25, -0.2) is 0 Å².